The van der Waals surface area contributed by atoms with Crippen LogP contribution in [0.3, 0.4) is 0 Å². The van der Waals surface area contributed by atoms with Crippen LogP contribution in [-0.4, -0.2) is 24.7 Å². The van der Waals surface area contributed by atoms with Gasteiger partial charge in [0.15, 0.2) is 0 Å². The lowest BCUT2D eigenvalue weighted by Crippen LogP contribution is -2.23. The van der Waals surface area contributed by atoms with Crippen LogP contribution in [0, 0.1) is 5.92 Å². The Balaban J connectivity index is 1.92. The molecule has 1 aliphatic rings. The van der Waals surface area contributed by atoms with Gasteiger partial charge in [-0.15, -0.1) is 0 Å². The summed E-state index contributed by atoms with van der Waals surface area (Å²) in [6, 6.07) is 2.01. The number of hydrogen-bond donors (Lipinski definition) is 1. The van der Waals surface area contributed by atoms with Gasteiger partial charge in [-0.2, -0.15) is 13.2 Å². The first-order valence-corrected chi connectivity index (χ1v) is 5.90. The second-order valence-electron chi connectivity index (χ2n) is 4.36. The smallest absolute Gasteiger partial charge is 0.381 e. The molecule has 100 valence electrons. The highest BCUT2D eigenvalue weighted by molar-refractivity contribution is 5.38. The first-order valence-electron chi connectivity index (χ1n) is 5.90. The molecule has 0 bridgehead atoms. The second kappa shape index (κ2) is 5.56. The van der Waals surface area contributed by atoms with Crippen molar-refractivity contribution >= 4 is 5.82 Å². The molecule has 1 aromatic rings. The number of ether oxygens (including phenoxy) is 1. The number of nitrogens with one attached hydrogen (secondary N) is 1. The highest BCUT2D eigenvalue weighted by atomic mass is 19.4. The lowest BCUT2D eigenvalue weighted by molar-refractivity contribution is -0.137. The number of anilines is 1. The van der Waals surface area contributed by atoms with Crippen molar-refractivity contribution in [2.24, 2.45) is 5.92 Å². The van der Waals surface area contributed by atoms with E-state index in [1.165, 1.54) is 6.20 Å². The second-order valence-corrected chi connectivity index (χ2v) is 4.36. The summed E-state index contributed by atoms with van der Waals surface area (Å²) in [5.74, 6) is 0.714. The van der Waals surface area contributed by atoms with Gasteiger partial charge in [-0.05, 0) is 30.9 Å². The molecule has 2 rings (SSSR count). The van der Waals surface area contributed by atoms with E-state index in [-0.39, 0.29) is 5.82 Å². The van der Waals surface area contributed by atoms with E-state index in [9.17, 15) is 13.2 Å². The van der Waals surface area contributed by atoms with Gasteiger partial charge in [0.05, 0.1) is 5.56 Å². The quantitative estimate of drug-likeness (QED) is 0.907. The fraction of sp³-hybridized carbons (Fsp3) is 0.583. The number of nitrogens with zero attached hydrogens (tertiary/aromatic N) is 1. The fourth-order valence-electron chi connectivity index (χ4n) is 1.90. The Kier molecular flexibility index (Phi) is 4.06. The zero-order chi connectivity index (χ0) is 13.0. The van der Waals surface area contributed by atoms with Crippen molar-refractivity contribution in [3.05, 3.63) is 23.9 Å². The van der Waals surface area contributed by atoms with Crippen molar-refractivity contribution in [3.8, 4) is 0 Å². The van der Waals surface area contributed by atoms with Crippen molar-refractivity contribution in [2.75, 3.05) is 25.1 Å². The zero-order valence-electron chi connectivity index (χ0n) is 9.83. The Hall–Kier alpha value is -1.30. The maximum absolute atomic E-state index is 12.5. The van der Waals surface area contributed by atoms with Gasteiger partial charge >= 0.3 is 6.18 Å². The number of hydrogen-bond acceptors (Lipinski definition) is 3. The van der Waals surface area contributed by atoms with Gasteiger partial charge < -0.3 is 10.1 Å². The average molecular weight is 260 g/mol. The summed E-state index contributed by atoms with van der Waals surface area (Å²) in [7, 11) is 0. The van der Waals surface area contributed by atoms with Crippen molar-refractivity contribution in [1.82, 2.24) is 4.98 Å². The van der Waals surface area contributed by atoms with Crippen LogP contribution in [0.25, 0.3) is 0 Å². The summed E-state index contributed by atoms with van der Waals surface area (Å²) < 4.78 is 42.7. The third kappa shape index (κ3) is 3.60. The Morgan fingerprint density at radius 1 is 1.33 bits per heavy atom. The van der Waals surface area contributed by atoms with Crippen molar-refractivity contribution in [2.45, 2.75) is 19.0 Å². The number of rotatable bonds is 3. The summed E-state index contributed by atoms with van der Waals surface area (Å²) in [5, 5.41) is 2.96. The summed E-state index contributed by atoms with van der Waals surface area (Å²) in [6.07, 6.45) is -1.27. The normalized spacial score (nSPS) is 17.7. The number of halogens is 3. The molecule has 0 amide bonds. The summed E-state index contributed by atoms with van der Waals surface area (Å²) in [4.78, 5) is 3.89. The van der Waals surface area contributed by atoms with Gasteiger partial charge in [0.25, 0.3) is 0 Å². The zero-order valence-corrected chi connectivity index (χ0v) is 9.83. The van der Waals surface area contributed by atoms with Gasteiger partial charge in [-0.3, -0.25) is 0 Å². The number of aromatic nitrogens is 1. The van der Waals surface area contributed by atoms with Gasteiger partial charge in [0.2, 0.25) is 0 Å². The van der Waals surface area contributed by atoms with Gasteiger partial charge in [0, 0.05) is 26.0 Å². The van der Waals surface area contributed by atoms with E-state index in [0.29, 0.717) is 12.5 Å². The fourth-order valence-corrected chi connectivity index (χ4v) is 1.90. The summed E-state index contributed by atoms with van der Waals surface area (Å²) in [5.41, 5.74) is -0.674. The van der Waals surface area contributed by atoms with Crippen LogP contribution in [0.2, 0.25) is 0 Å². The molecule has 0 atom stereocenters. The van der Waals surface area contributed by atoms with Crippen LogP contribution in [0.4, 0.5) is 19.0 Å². The molecule has 0 radical (unpaired) electrons. The summed E-state index contributed by atoms with van der Waals surface area (Å²) in [6.45, 7) is 2.09. The van der Waals surface area contributed by atoms with E-state index in [0.717, 1.165) is 38.2 Å². The predicted octanol–water partition coefficient (Wildman–Crippen LogP) is 2.94. The third-order valence-corrected chi connectivity index (χ3v) is 3.00. The number of pyridine rings is 1. The third-order valence-electron chi connectivity index (χ3n) is 3.00. The highest BCUT2D eigenvalue weighted by Gasteiger charge is 2.30. The van der Waals surface area contributed by atoms with Crippen molar-refractivity contribution < 1.29 is 17.9 Å². The standard InChI is InChI=1S/C12H15F3N2O/c13-12(14,15)10-1-4-16-11(7-10)17-8-9-2-5-18-6-3-9/h1,4,7,9H,2-3,5-6,8H2,(H,16,17). The molecule has 0 spiro atoms. The van der Waals surface area contributed by atoms with E-state index >= 15 is 0 Å². The first kappa shape index (κ1) is 13.1. The molecule has 1 aromatic heterocycles. The molecule has 0 unspecified atom stereocenters. The molecule has 2 heterocycles. The molecule has 0 aromatic carbocycles. The predicted molar refractivity (Wildman–Crippen MR) is 61.3 cm³/mol. The lowest BCUT2D eigenvalue weighted by atomic mass is 10.0. The van der Waals surface area contributed by atoms with E-state index in [2.05, 4.69) is 10.3 Å². The molecule has 1 saturated heterocycles. The van der Waals surface area contributed by atoms with E-state index in [4.69, 9.17) is 4.74 Å². The molecule has 1 aliphatic heterocycles. The topological polar surface area (TPSA) is 34.2 Å². The SMILES string of the molecule is FC(F)(F)c1ccnc(NCC2CCOCC2)c1. The Morgan fingerprint density at radius 3 is 2.72 bits per heavy atom. The molecular weight excluding hydrogens is 245 g/mol. The van der Waals surface area contributed by atoms with E-state index in [1.807, 2.05) is 0 Å². The van der Waals surface area contributed by atoms with Gasteiger partial charge in [-0.1, -0.05) is 0 Å². The minimum absolute atomic E-state index is 0.274. The number of alkyl halides is 3. The van der Waals surface area contributed by atoms with Crippen LogP contribution in [0.15, 0.2) is 18.3 Å². The van der Waals surface area contributed by atoms with Crippen molar-refractivity contribution in [3.63, 3.8) is 0 Å². The maximum Gasteiger partial charge on any atom is 0.416 e. The summed E-state index contributed by atoms with van der Waals surface area (Å²) >= 11 is 0. The molecule has 6 heteroatoms. The maximum atomic E-state index is 12.5. The van der Waals surface area contributed by atoms with Crippen LogP contribution in [0.5, 0.6) is 0 Å². The van der Waals surface area contributed by atoms with E-state index in [1.54, 1.807) is 0 Å². The molecular formula is C12H15F3N2O. The molecule has 0 saturated carbocycles. The van der Waals surface area contributed by atoms with Crippen molar-refractivity contribution in [1.29, 1.82) is 0 Å². The minimum Gasteiger partial charge on any atom is -0.381 e. The monoisotopic (exact) mass is 260 g/mol. The molecule has 1 fully saturated rings. The first-order chi connectivity index (χ1) is 8.55. The minimum atomic E-state index is -4.32. The molecule has 18 heavy (non-hydrogen) atoms. The Labute approximate surface area is 103 Å². The Bertz CT molecular complexity index is 389. The van der Waals surface area contributed by atoms with E-state index < -0.39 is 11.7 Å². The molecule has 1 N–H and O–H groups in total. The van der Waals surface area contributed by atoms with Crippen LogP contribution in [0.1, 0.15) is 18.4 Å². The van der Waals surface area contributed by atoms with Crippen LogP contribution in [-0.2, 0) is 10.9 Å². The Morgan fingerprint density at radius 2 is 2.06 bits per heavy atom. The average Bonchev–Trinajstić information content (AvgIpc) is 2.37. The highest BCUT2D eigenvalue weighted by Crippen LogP contribution is 2.30. The largest absolute Gasteiger partial charge is 0.416 e. The van der Waals surface area contributed by atoms with Crippen LogP contribution < -0.4 is 5.32 Å². The molecule has 3 nitrogen and oxygen atoms in total. The van der Waals surface area contributed by atoms with Gasteiger partial charge in [0.1, 0.15) is 5.82 Å². The lowest BCUT2D eigenvalue weighted by Gasteiger charge is -2.22. The van der Waals surface area contributed by atoms with Crippen LogP contribution >= 0.6 is 0 Å². The van der Waals surface area contributed by atoms with Gasteiger partial charge in [-0.25, -0.2) is 4.98 Å². The molecule has 0 aliphatic carbocycles.